The predicted molar refractivity (Wildman–Crippen MR) is 129 cm³/mol. The van der Waals surface area contributed by atoms with E-state index in [4.69, 9.17) is 13.8 Å². The highest BCUT2D eigenvalue weighted by Gasteiger charge is 2.20. The molecule has 2 aromatic carbocycles. The summed E-state index contributed by atoms with van der Waals surface area (Å²) in [7, 11) is 0. The maximum atomic E-state index is 6.35. The minimum Gasteiger partial charge on any atom is -0.463 e. The Balaban J connectivity index is 1.56. The standard InChI is InChI=1S/C28H22N2O2/c1-28(2,3)21-15-19(14-17-6-4-5-7-20(17)21)26-27-18(10-12-29-26)16-25(32-27)22-8-9-24-23(30-22)11-13-31-24/h4-16H,1-3H3. The topological polar surface area (TPSA) is 52.1 Å². The molecule has 32 heavy (non-hydrogen) atoms. The van der Waals surface area contributed by atoms with Crippen LogP contribution in [0.4, 0.5) is 0 Å². The van der Waals surface area contributed by atoms with Crippen LogP contribution in [-0.2, 0) is 5.41 Å². The second kappa shape index (κ2) is 6.79. The van der Waals surface area contributed by atoms with Crippen LogP contribution in [0.15, 0.2) is 88.0 Å². The van der Waals surface area contributed by atoms with Gasteiger partial charge in [0.25, 0.3) is 0 Å². The summed E-state index contributed by atoms with van der Waals surface area (Å²) < 4.78 is 11.8. The fourth-order valence-electron chi connectivity index (χ4n) is 4.35. The first-order valence-electron chi connectivity index (χ1n) is 10.7. The number of furan rings is 2. The molecule has 0 saturated carbocycles. The Kier molecular flexibility index (Phi) is 3.99. The number of hydrogen-bond acceptors (Lipinski definition) is 4. The van der Waals surface area contributed by atoms with E-state index in [1.54, 1.807) is 6.26 Å². The van der Waals surface area contributed by atoms with Gasteiger partial charge in [-0.3, -0.25) is 4.98 Å². The first-order valence-corrected chi connectivity index (χ1v) is 10.7. The minimum atomic E-state index is 0.00175. The molecule has 0 amide bonds. The number of rotatable bonds is 2. The zero-order valence-electron chi connectivity index (χ0n) is 18.2. The fourth-order valence-corrected chi connectivity index (χ4v) is 4.35. The Morgan fingerprint density at radius 1 is 0.844 bits per heavy atom. The van der Waals surface area contributed by atoms with E-state index >= 15 is 0 Å². The van der Waals surface area contributed by atoms with E-state index in [-0.39, 0.29) is 5.41 Å². The Morgan fingerprint density at radius 3 is 2.59 bits per heavy atom. The van der Waals surface area contributed by atoms with Crippen molar-refractivity contribution in [2.24, 2.45) is 0 Å². The molecule has 156 valence electrons. The number of benzene rings is 2. The van der Waals surface area contributed by atoms with E-state index in [0.717, 1.165) is 39.0 Å². The lowest BCUT2D eigenvalue weighted by Crippen LogP contribution is -2.12. The van der Waals surface area contributed by atoms with E-state index < -0.39 is 0 Å². The zero-order chi connectivity index (χ0) is 21.9. The Morgan fingerprint density at radius 2 is 1.72 bits per heavy atom. The normalized spacial score (nSPS) is 12.2. The number of nitrogens with zero attached hydrogens (tertiary/aromatic N) is 2. The molecule has 0 bridgehead atoms. The van der Waals surface area contributed by atoms with Gasteiger partial charge in [0.2, 0.25) is 0 Å². The van der Waals surface area contributed by atoms with Crippen LogP contribution in [-0.4, -0.2) is 9.97 Å². The highest BCUT2D eigenvalue weighted by atomic mass is 16.3. The Hall–Kier alpha value is -3.92. The second-order valence-corrected chi connectivity index (χ2v) is 9.18. The Labute approximate surface area is 185 Å². The molecule has 4 aromatic heterocycles. The van der Waals surface area contributed by atoms with Crippen molar-refractivity contribution < 1.29 is 8.83 Å². The van der Waals surface area contributed by atoms with E-state index in [2.05, 4.69) is 62.2 Å². The summed E-state index contributed by atoms with van der Waals surface area (Å²) in [5.41, 5.74) is 6.31. The zero-order valence-corrected chi connectivity index (χ0v) is 18.2. The van der Waals surface area contributed by atoms with Gasteiger partial charge in [0.1, 0.15) is 16.9 Å². The van der Waals surface area contributed by atoms with Crippen LogP contribution in [0.5, 0.6) is 0 Å². The summed E-state index contributed by atoms with van der Waals surface area (Å²) >= 11 is 0. The molecule has 4 nitrogen and oxygen atoms in total. The minimum absolute atomic E-state index is 0.00175. The van der Waals surface area contributed by atoms with Crippen molar-refractivity contribution in [1.29, 1.82) is 0 Å². The van der Waals surface area contributed by atoms with Gasteiger partial charge in [-0.25, -0.2) is 4.98 Å². The predicted octanol–water partition coefficient (Wildman–Crippen LogP) is 7.75. The Bertz CT molecular complexity index is 1620. The molecule has 0 aliphatic carbocycles. The molecule has 0 saturated heterocycles. The number of fused-ring (bicyclic) bond motifs is 3. The third kappa shape index (κ3) is 2.99. The highest BCUT2D eigenvalue weighted by molar-refractivity contribution is 5.97. The SMILES string of the molecule is CC(C)(C)c1cc(-c2nccc3cc(-c4ccc5occc5n4)oc23)cc2ccccc12. The van der Waals surface area contributed by atoms with Crippen LogP contribution >= 0.6 is 0 Å². The molecule has 0 atom stereocenters. The first kappa shape index (κ1) is 18.8. The van der Waals surface area contributed by atoms with Gasteiger partial charge in [-0.1, -0.05) is 45.0 Å². The van der Waals surface area contributed by atoms with Gasteiger partial charge in [-0.2, -0.15) is 0 Å². The summed E-state index contributed by atoms with van der Waals surface area (Å²) in [6.07, 6.45) is 3.49. The average molecular weight is 418 g/mol. The van der Waals surface area contributed by atoms with E-state index in [1.165, 1.54) is 16.3 Å². The molecule has 6 rings (SSSR count). The summed E-state index contributed by atoms with van der Waals surface area (Å²) in [6, 6.07) is 22.7. The second-order valence-electron chi connectivity index (χ2n) is 9.18. The maximum absolute atomic E-state index is 6.35. The molecule has 0 unspecified atom stereocenters. The molecule has 4 heteroatoms. The monoisotopic (exact) mass is 418 g/mol. The van der Waals surface area contributed by atoms with Crippen LogP contribution in [0.3, 0.4) is 0 Å². The molecule has 0 aliphatic rings. The van der Waals surface area contributed by atoms with Crippen molar-refractivity contribution in [2.75, 3.05) is 0 Å². The van der Waals surface area contributed by atoms with Crippen molar-refractivity contribution in [3.63, 3.8) is 0 Å². The molecule has 0 aliphatic heterocycles. The van der Waals surface area contributed by atoms with Gasteiger partial charge in [0, 0.05) is 23.2 Å². The summed E-state index contributed by atoms with van der Waals surface area (Å²) in [6.45, 7) is 6.74. The molecule has 4 heterocycles. The van der Waals surface area contributed by atoms with Crippen molar-refractivity contribution >= 4 is 32.8 Å². The number of hydrogen-bond donors (Lipinski definition) is 0. The molecule has 0 fully saturated rings. The number of aromatic nitrogens is 2. The van der Waals surface area contributed by atoms with Crippen LogP contribution in [0.1, 0.15) is 26.3 Å². The molecule has 0 N–H and O–H groups in total. The third-order valence-electron chi connectivity index (χ3n) is 5.94. The van der Waals surface area contributed by atoms with Gasteiger partial charge in [0.15, 0.2) is 16.9 Å². The third-order valence-corrected chi connectivity index (χ3v) is 5.94. The molecule has 0 radical (unpaired) electrons. The number of pyridine rings is 2. The smallest absolute Gasteiger partial charge is 0.161 e. The van der Waals surface area contributed by atoms with Crippen molar-refractivity contribution in [2.45, 2.75) is 26.2 Å². The molecular formula is C28H22N2O2. The van der Waals surface area contributed by atoms with Gasteiger partial charge in [0.05, 0.1) is 6.26 Å². The quantitative estimate of drug-likeness (QED) is 0.288. The van der Waals surface area contributed by atoms with E-state index in [0.29, 0.717) is 5.76 Å². The van der Waals surface area contributed by atoms with E-state index in [9.17, 15) is 0 Å². The average Bonchev–Trinajstić information content (AvgIpc) is 3.43. The molecule has 0 spiro atoms. The van der Waals surface area contributed by atoms with Crippen LogP contribution in [0.2, 0.25) is 0 Å². The van der Waals surface area contributed by atoms with Gasteiger partial charge >= 0.3 is 0 Å². The first-order chi connectivity index (χ1) is 15.5. The van der Waals surface area contributed by atoms with Gasteiger partial charge in [-0.15, -0.1) is 0 Å². The van der Waals surface area contributed by atoms with Gasteiger partial charge in [-0.05, 0) is 58.1 Å². The van der Waals surface area contributed by atoms with Gasteiger partial charge < -0.3 is 8.83 Å². The van der Waals surface area contributed by atoms with Crippen LogP contribution < -0.4 is 0 Å². The molecular weight excluding hydrogens is 396 g/mol. The highest BCUT2D eigenvalue weighted by Crippen LogP contribution is 2.38. The van der Waals surface area contributed by atoms with Crippen LogP contribution in [0, 0.1) is 0 Å². The lowest BCUT2D eigenvalue weighted by Gasteiger charge is -2.22. The lowest BCUT2D eigenvalue weighted by atomic mass is 9.82. The fraction of sp³-hybridized carbons (Fsp3) is 0.143. The largest absolute Gasteiger partial charge is 0.463 e. The maximum Gasteiger partial charge on any atom is 0.161 e. The van der Waals surface area contributed by atoms with Crippen LogP contribution in [0.25, 0.3) is 55.6 Å². The summed E-state index contributed by atoms with van der Waals surface area (Å²) in [5, 5.41) is 3.48. The summed E-state index contributed by atoms with van der Waals surface area (Å²) in [4.78, 5) is 9.41. The van der Waals surface area contributed by atoms with Crippen molar-refractivity contribution in [3.8, 4) is 22.7 Å². The lowest BCUT2D eigenvalue weighted by molar-refractivity contribution is 0.596. The van der Waals surface area contributed by atoms with Crippen molar-refractivity contribution in [1.82, 2.24) is 9.97 Å². The van der Waals surface area contributed by atoms with Crippen molar-refractivity contribution in [3.05, 3.63) is 84.8 Å². The summed E-state index contributed by atoms with van der Waals surface area (Å²) in [5.74, 6) is 0.717. The van der Waals surface area contributed by atoms with E-state index in [1.807, 2.05) is 36.5 Å². The molecule has 6 aromatic rings.